The van der Waals surface area contributed by atoms with Crippen LogP contribution in [0.25, 0.3) is 0 Å². The number of amides is 1. The number of ether oxygens (including phenoxy) is 2. The molecular formula is C17H17ClN2O3. The molecule has 0 saturated heterocycles. The number of hydrogen-bond donors (Lipinski definition) is 2. The maximum atomic E-state index is 11.9. The van der Waals surface area contributed by atoms with Crippen molar-refractivity contribution >= 4 is 23.2 Å². The Morgan fingerprint density at radius 1 is 1.17 bits per heavy atom. The number of hydrogen-bond acceptors (Lipinski definition) is 4. The second-order valence-electron chi connectivity index (χ2n) is 5.28. The highest BCUT2D eigenvalue weighted by Gasteiger charge is 2.13. The minimum Gasteiger partial charge on any atom is -0.454 e. The summed E-state index contributed by atoms with van der Waals surface area (Å²) in [5.41, 5.74) is 2.86. The van der Waals surface area contributed by atoms with Crippen LogP contribution in [0.3, 0.4) is 0 Å². The Labute approximate surface area is 139 Å². The topological polar surface area (TPSA) is 59.6 Å². The predicted molar refractivity (Wildman–Crippen MR) is 89.1 cm³/mol. The molecular weight excluding hydrogens is 316 g/mol. The molecule has 2 aromatic carbocycles. The van der Waals surface area contributed by atoms with Crippen LogP contribution in [0.15, 0.2) is 36.4 Å². The fourth-order valence-electron chi connectivity index (χ4n) is 2.31. The van der Waals surface area contributed by atoms with E-state index in [1.807, 2.05) is 37.3 Å². The van der Waals surface area contributed by atoms with Crippen LogP contribution in [-0.2, 0) is 11.3 Å². The van der Waals surface area contributed by atoms with E-state index in [9.17, 15) is 4.79 Å². The van der Waals surface area contributed by atoms with E-state index < -0.39 is 0 Å². The molecule has 0 radical (unpaired) electrons. The lowest BCUT2D eigenvalue weighted by molar-refractivity contribution is -0.119. The minimum atomic E-state index is -0.0861. The third-order valence-corrected chi connectivity index (χ3v) is 3.79. The van der Waals surface area contributed by atoms with E-state index in [1.54, 1.807) is 6.07 Å². The number of nitrogens with one attached hydrogen (secondary N) is 2. The zero-order chi connectivity index (χ0) is 16.2. The SMILES string of the molecule is Cc1cc(Cl)ccc1NCC(=O)NCc1ccc2c(c1)OCO2. The van der Waals surface area contributed by atoms with Crippen LogP contribution in [0.1, 0.15) is 11.1 Å². The van der Waals surface area contributed by atoms with E-state index >= 15 is 0 Å². The van der Waals surface area contributed by atoms with Crippen LogP contribution < -0.4 is 20.1 Å². The molecule has 0 saturated carbocycles. The first-order chi connectivity index (χ1) is 11.1. The molecule has 0 unspecified atom stereocenters. The largest absolute Gasteiger partial charge is 0.454 e. The summed E-state index contributed by atoms with van der Waals surface area (Å²) in [6.07, 6.45) is 0. The lowest BCUT2D eigenvalue weighted by Gasteiger charge is -2.10. The molecule has 0 atom stereocenters. The summed E-state index contributed by atoms with van der Waals surface area (Å²) in [6.45, 7) is 2.83. The quantitative estimate of drug-likeness (QED) is 0.883. The summed E-state index contributed by atoms with van der Waals surface area (Å²) >= 11 is 5.91. The predicted octanol–water partition coefficient (Wildman–Crippen LogP) is 3.11. The van der Waals surface area contributed by atoms with Crippen molar-refractivity contribution in [3.63, 3.8) is 0 Å². The summed E-state index contributed by atoms with van der Waals surface area (Å²) < 4.78 is 10.6. The third kappa shape index (κ3) is 3.87. The Morgan fingerprint density at radius 3 is 2.83 bits per heavy atom. The number of aryl methyl sites for hydroxylation is 1. The molecule has 6 heteroatoms. The summed E-state index contributed by atoms with van der Waals surface area (Å²) in [5, 5.41) is 6.65. The lowest BCUT2D eigenvalue weighted by atomic mass is 10.2. The van der Waals surface area contributed by atoms with E-state index in [1.165, 1.54) is 0 Å². The first kappa shape index (κ1) is 15.5. The molecule has 0 fully saturated rings. The van der Waals surface area contributed by atoms with E-state index in [0.29, 0.717) is 17.3 Å². The molecule has 0 aromatic heterocycles. The van der Waals surface area contributed by atoms with Crippen LogP contribution in [-0.4, -0.2) is 19.2 Å². The standard InChI is InChI=1S/C17H17ClN2O3/c1-11-6-13(18)3-4-14(11)19-9-17(21)20-8-12-2-5-15-16(7-12)23-10-22-15/h2-7,19H,8-10H2,1H3,(H,20,21). The molecule has 1 aliphatic rings. The van der Waals surface area contributed by atoms with E-state index in [4.69, 9.17) is 21.1 Å². The normalized spacial score (nSPS) is 12.1. The Bertz CT molecular complexity index is 734. The average molecular weight is 333 g/mol. The van der Waals surface area contributed by atoms with Crippen molar-refractivity contribution in [3.8, 4) is 11.5 Å². The Hall–Kier alpha value is -2.40. The highest BCUT2D eigenvalue weighted by Crippen LogP contribution is 2.32. The number of fused-ring (bicyclic) bond motifs is 1. The van der Waals surface area contributed by atoms with Gasteiger partial charge in [-0.25, -0.2) is 0 Å². The summed E-state index contributed by atoms with van der Waals surface area (Å²) in [7, 11) is 0. The minimum absolute atomic E-state index is 0.0861. The van der Waals surface area contributed by atoms with Crippen LogP contribution in [0.5, 0.6) is 11.5 Å². The summed E-state index contributed by atoms with van der Waals surface area (Å²) in [5.74, 6) is 1.36. The Kier molecular flexibility index (Phi) is 4.57. The third-order valence-electron chi connectivity index (χ3n) is 3.55. The van der Waals surface area contributed by atoms with Gasteiger partial charge in [-0.05, 0) is 48.4 Å². The first-order valence-corrected chi connectivity index (χ1v) is 7.65. The highest BCUT2D eigenvalue weighted by atomic mass is 35.5. The zero-order valence-corrected chi connectivity index (χ0v) is 13.4. The van der Waals surface area contributed by atoms with Crippen LogP contribution >= 0.6 is 11.6 Å². The molecule has 0 aliphatic carbocycles. The van der Waals surface area contributed by atoms with Crippen molar-refractivity contribution in [1.29, 1.82) is 0 Å². The van der Waals surface area contributed by atoms with Gasteiger partial charge in [-0.1, -0.05) is 17.7 Å². The van der Waals surface area contributed by atoms with Gasteiger partial charge < -0.3 is 20.1 Å². The van der Waals surface area contributed by atoms with E-state index in [-0.39, 0.29) is 19.2 Å². The van der Waals surface area contributed by atoms with Gasteiger partial charge in [0.2, 0.25) is 12.7 Å². The molecule has 1 aliphatic heterocycles. The highest BCUT2D eigenvalue weighted by molar-refractivity contribution is 6.30. The maximum absolute atomic E-state index is 11.9. The zero-order valence-electron chi connectivity index (χ0n) is 12.7. The number of carbonyl (C=O) groups excluding carboxylic acids is 1. The Balaban J connectivity index is 1.50. The van der Waals surface area contributed by atoms with E-state index in [0.717, 1.165) is 22.6 Å². The Morgan fingerprint density at radius 2 is 2.00 bits per heavy atom. The molecule has 2 N–H and O–H groups in total. The van der Waals surface area contributed by atoms with Gasteiger partial charge in [-0.15, -0.1) is 0 Å². The fourth-order valence-corrected chi connectivity index (χ4v) is 2.54. The summed E-state index contributed by atoms with van der Waals surface area (Å²) in [6, 6.07) is 11.1. The van der Waals surface area contributed by atoms with Gasteiger partial charge in [0.1, 0.15) is 0 Å². The first-order valence-electron chi connectivity index (χ1n) is 7.27. The van der Waals surface area contributed by atoms with Crippen molar-refractivity contribution in [2.24, 2.45) is 0 Å². The van der Waals surface area contributed by atoms with Crippen molar-refractivity contribution in [2.75, 3.05) is 18.7 Å². The number of halogens is 1. The second kappa shape index (κ2) is 6.79. The molecule has 0 bridgehead atoms. The average Bonchev–Trinajstić information content (AvgIpc) is 2.99. The van der Waals surface area contributed by atoms with Gasteiger partial charge in [-0.2, -0.15) is 0 Å². The molecule has 3 rings (SSSR count). The summed E-state index contributed by atoms with van der Waals surface area (Å²) in [4.78, 5) is 11.9. The fraction of sp³-hybridized carbons (Fsp3) is 0.235. The van der Waals surface area contributed by atoms with Gasteiger partial charge in [0.05, 0.1) is 6.54 Å². The molecule has 1 amide bonds. The van der Waals surface area contributed by atoms with Crippen LogP contribution in [0.2, 0.25) is 5.02 Å². The van der Waals surface area contributed by atoms with Crippen molar-refractivity contribution in [3.05, 3.63) is 52.5 Å². The van der Waals surface area contributed by atoms with Crippen molar-refractivity contribution < 1.29 is 14.3 Å². The monoisotopic (exact) mass is 332 g/mol. The molecule has 2 aromatic rings. The maximum Gasteiger partial charge on any atom is 0.239 e. The smallest absolute Gasteiger partial charge is 0.239 e. The number of anilines is 1. The van der Waals surface area contributed by atoms with Crippen molar-refractivity contribution in [1.82, 2.24) is 5.32 Å². The van der Waals surface area contributed by atoms with E-state index in [2.05, 4.69) is 10.6 Å². The number of carbonyl (C=O) groups is 1. The second-order valence-corrected chi connectivity index (χ2v) is 5.71. The van der Waals surface area contributed by atoms with Gasteiger partial charge in [0.25, 0.3) is 0 Å². The molecule has 5 nitrogen and oxygen atoms in total. The van der Waals surface area contributed by atoms with Gasteiger partial charge in [0, 0.05) is 17.3 Å². The van der Waals surface area contributed by atoms with Gasteiger partial charge >= 0.3 is 0 Å². The lowest BCUT2D eigenvalue weighted by Crippen LogP contribution is -2.29. The number of benzene rings is 2. The number of rotatable bonds is 5. The molecule has 0 spiro atoms. The molecule has 120 valence electrons. The molecule has 23 heavy (non-hydrogen) atoms. The van der Waals surface area contributed by atoms with Crippen LogP contribution in [0.4, 0.5) is 5.69 Å². The molecule has 1 heterocycles. The van der Waals surface area contributed by atoms with Crippen LogP contribution in [0, 0.1) is 6.92 Å². The van der Waals surface area contributed by atoms with Crippen molar-refractivity contribution in [2.45, 2.75) is 13.5 Å². The van der Waals surface area contributed by atoms with Gasteiger partial charge in [0.15, 0.2) is 11.5 Å². The van der Waals surface area contributed by atoms with Gasteiger partial charge in [-0.3, -0.25) is 4.79 Å².